The zero-order valence-electron chi connectivity index (χ0n) is 16.6. The van der Waals surface area contributed by atoms with E-state index in [2.05, 4.69) is 0 Å². The summed E-state index contributed by atoms with van der Waals surface area (Å²) in [5.74, 6) is -0.244. The average molecular weight is 390 g/mol. The van der Waals surface area contributed by atoms with Crippen molar-refractivity contribution in [2.75, 3.05) is 60.2 Å². The molecule has 1 aliphatic rings. The minimum absolute atomic E-state index is 0.0204. The summed E-state index contributed by atoms with van der Waals surface area (Å²) in [4.78, 5) is 27.5. The van der Waals surface area contributed by atoms with Crippen LogP contribution in [0, 0.1) is 0 Å². The molecule has 0 radical (unpaired) electrons. The molecule has 0 aromatic carbocycles. The first-order valence-electron chi connectivity index (χ1n) is 9.39. The van der Waals surface area contributed by atoms with Crippen molar-refractivity contribution in [3.8, 4) is 0 Å². The zero-order chi connectivity index (χ0) is 20.2. The fourth-order valence-corrected chi connectivity index (χ4v) is 3.00. The molecule has 1 heterocycles. The highest BCUT2D eigenvalue weighted by molar-refractivity contribution is 5.77. The number of ether oxygens (including phenoxy) is 3. The van der Waals surface area contributed by atoms with Crippen LogP contribution in [0.2, 0.25) is 0 Å². The third kappa shape index (κ3) is 8.52. The minimum atomic E-state index is -1.17. The molecule has 2 amide bonds. The van der Waals surface area contributed by atoms with Gasteiger partial charge in [-0.1, -0.05) is 0 Å². The number of rotatable bonds is 3. The molecule has 1 aliphatic heterocycles. The Hall–Kier alpha value is -1.26. The SMILES string of the molecule is COCC(=O)N1CCCCOC[C@H](O)[C@H](O)[C@@H](OC)CN(C(C)=O)CCC1. The molecule has 0 aliphatic carbocycles. The van der Waals surface area contributed by atoms with Crippen LogP contribution in [0.15, 0.2) is 0 Å². The third-order valence-corrected chi connectivity index (χ3v) is 4.66. The zero-order valence-corrected chi connectivity index (χ0v) is 16.6. The van der Waals surface area contributed by atoms with Gasteiger partial charge in [0.2, 0.25) is 11.8 Å². The van der Waals surface area contributed by atoms with E-state index in [9.17, 15) is 19.8 Å². The monoisotopic (exact) mass is 390 g/mol. The van der Waals surface area contributed by atoms with Crippen molar-refractivity contribution in [2.45, 2.75) is 44.5 Å². The summed E-state index contributed by atoms with van der Waals surface area (Å²) in [5, 5.41) is 20.4. The maximum atomic E-state index is 12.2. The molecule has 0 saturated carbocycles. The van der Waals surface area contributed by atoms with Crippen molar-refractivity contribution >= 4 is 11.8 Å². The van der Waals surface area contributed by atoms with Crippen LogP contribution in [0.1, 0.15) is 26.2 Å². The molecule has 158 valence electrons. The van der Waals surface area contributed by atoms with Crippen LogP contribution in [0.3, 0.4) is 0 Å². The Morgan fingerprint density at radius 3 is 2.37 bits per heavy atom. The Morgan fingerprint density at radius 2 is 1.74 bits per heavy atom. The second-order valence-corrected chi connectivity index (χ2v) is 6.75. The van der Waals surface area contributed by atoms with Crippen LogP contribution in [-0.2, 0) is 23.8 Å². The van der Waals surface area contributed by atoms with Gasteiger partial charge in [0, 0.05) is 53.9 Å². The van der Waals surface area contributed by atoms with E-state index in [1.54, 1.807) is 9.80 Å². The summed E-state index contributed by atoms with van der Waals surface area (Å²) in [6.07, 6.45) is -0.919. The predicted molar refractivity (Wildman–Crippen MR) is 98.2 cm³/mol. The van der Waals surface area contributed by atoms with Crippen LogP contribution in [0.4, 0.5) is 0 Å². The topological polar surface area (TPSA) is 109 Å². The predicted octanol–water partition coefficient (Wildman–Crippen LogP) is -0.753. The molecule has 0 spiro atoms. The Bertz CT molecular complexity index is 449. The number of aliphatic hydroxyl groups is 2. The van der Waals surface area contributed by atoms with Crippen molar-refractivity contribution < 1.29 is 34.0 Å². The standard InChI is InChI=1S/C18H34N2O7/c1-14(21)20-9-6-8-19(17(23)13-25-2)7-4-5-10-27-12-15(22)18(24)16(11-20)26-3/h15-16,18,22,24H,4-13H2,1-3H3/t15-,16-,18-/m0/s1. The maximum Gasteiger partial charge on any atom is 0.248 e. The van der Waals surface area contributed by atoms with Crippen LogP contribution in [-0.4, -0.2) is 110 Å². The highest BCUT2D eigenvalue weighted by Gasteiger charge is 2.29. The van der Waals surface area contributed by atoms with E-state index in [1.165, 1.54) is 21.1 Å². The van der Waals surface area contributed by atoms with Gasteiger partial charge in [0.15, 0.2) is 0 Å². The molecule has 27 heavy (non-hydrogen) atoms. The van der Waals surface area contributed by atoms with E-state index in [4.69, 9.17) is 14.2 Å². The molecule has 0 aromatic heterocycles. The van der Waals surface area contributed by atoms with E-state index < -0.39 is 18.3 Å². The first kappa shape index (κ1) is 23.8. The summed E-state index contributed by atoms with van der Waals surface area (Å²) in [6, 6.07) is 0. The van der Waals surface area contributed by atoms with Gasteiger partial charge in [-0.25, -0.2) is 0 Å². The van der Waals surface area contributed by atoms with E-state index in [0.717, 1.165) is 12.8 Å². The van der Waals surface area contributed by atoms with E-state index in [-0.39, 0.29) is 31.6 Å². The summed E-state index contributed by atoms with van der Waals surface area (Å²) in [7, 11) is 2.91. The molecule has 9 heteroatoms. The number of aliphatic hydroxyl groups excluding tert-OH is 2. The second-order valence-electron chi connectivity index (χ2n) is 6.75. The molecular weight excluding hydrogens is 356 g/mol. The Labute approximate surface area is 161 Å². The molecule has 1 rings (SSSR count). The van der Waals surface area contributed by atoms with Gasteiger partial charge in [0.1, 0.15) is 24.9 Å². The van der Waals surface area contributed by atoms with Crippen LogP contribution in [0.25, 0.3) is 0 Å². The second kappa shape index (κ2) is 13.0. The molecule has 9 nitrogen and oxygen atoms in total. The summed E-state index contributed by atoms with van der Waals surface area (Å²) < 4.78 is 15.7. The normalized spacial score (nSPS) is 26.9. The van der Waals surface area contributed by atoms with Gasteiger partial charge in [-0.05, 0) is 19.3 Å². The molecule has 3 atom stereocenters. The van der Waals surface area contributed by atoms with Gasteiger partial charge in [-0.3, -0.25) is 9.59 Å². The highest BCUT2D eigenvalue weighted by Crippen LogP contribution is 2.10. The Kier molecular flexibility index (Phi) is 11.5. The Balaban J connectivity index is 2.83. The fourth-order valence-electron chi connectivity index (χ4n) is 3.00. The van der Waals surface area contributed by atoms with E-state index in [0.29, 0.717) is 32.7 Å². The van der Waals surface area contributed by atoms with E-state index in [1.807, 2.05) is 0 Å². The lowest BCUT2D eigenvalue weighted by Crippen LogP contribution is -2.48. The molecule has 2 N–H and O–H groups in total. The van der Waals surface area contributed by atoms with Crippen molar-refractivity contribution in [3.05, 3.63) is 0 Å². The molecular formula is C18H34N2O7. The fraction of sp³-hybridized carbons (Fsp3) is 0.889. The summed E-state index contributed by atoms with van der Waals surface area (Å²) >= 11 is 0. The number of hydrogen-bond acceptors (Lipinski definition) is 7. The summed E-state index contributed by atoms with van der Waals surface area (Å²) in [6.45, 7) is 3.53. The van der Waals surface area contributed by atoms with Gasteiger partial charge >= 0.3 is 0 Å². The van der Waals surface area contributed by atoms with Gasteiger partial charge in [0.25, 0.3) is 0 Å². The lowest BCUT2D eigenvalue weighted by Gasteiger charge is -2.31. The first-order valence-corrected chi connectivity index (χ1v) is 9.39. The Morgan fingerprint density at radius 1 is 1.07 bits per heavy atom. The maximum absolute atomic E-state index is 12.2. The minimum Gasteiger partial charge on any atom is -0.388 e. The van der Waals surface area contributed by atoms with Gasteiger partial charge in [-0.2, -0.15) is 0 Å². The number of hydrogen-bond donors (Lipinski definition) is 2. The van der Waals surface area contributed by atoms with Crippen molar-refractivity contribution in [1.82, 2.24) is 9.80 Å². The first-order chi connectivity index (χ1) is 12.9. The van der Waals surface area contributed by atoms with E-state index >= 15 is 0 Å². The highest BCUT2D eigenvalue weighted by atomic mass is 16.5. The van der Waals surface area contributed by atoms with Gasteiger partial charge < -0.3 is 34.2 Å². The number of carbonyl (C=O) groups is 2. The number of nitrogens with zero attached hydrogens (tertiary/aromatic N) is 2. The molecule has 1 fully saturated rings. The average Bonchev–Trinajstić information content (AvgIpc) is 2.64. The quantitative estimate of drug-likeness (QED) is 0.652. The number of carbonyl (C=O) groups excluding carboxylic acids is 2. The molecule has 0 bridgehead atoms. The van der Waals surface area contributed by atoms with Crippen LogP contribution in [0.5, 0.6) is 0 Å². The molecule has 0 unspecified atom stereocenters. The molecule has 0 aromatic rings. The lowest BCUT2D eigenvalue weighted by molar-refractivity contribution is -0.136. The third-order valence-electron chi connectivity index (χ3n) is 4.66. The summed E-state index contributed by atoms with van der Waals surface area (Å²) in [5.41, 5.74) is 0. The number of amides is 2. The van der Waals surface area contributed by atoms with Crippen LogP contribution >= 0.6 is 0 Å². The lowest BCUT2D eigenvalue weighted by atomic mass is 10.1. The van der Waals surface area contributed by atoms with Gasteiger partial charge in [0.05, 0.1) is 6.61 Å². The van der Waals surface area contributed by atoms with Crippen molar-refractivity contribution in [2.24, 2.45) is 0 Å². The van der Waals surface area contributed by atoms with Crippen LogP contribution < -0.4 is 0 Å². The molecule has 1 saturated heterocycles. The van der Waals surface area contributed by atoms with Crippen molar-refractivity contribution in [3.63, 3.8) is 0 Å². The number of methoxy groups -OCH3 is 2. The van der Waals surface area contributed by atoms with Gasteiger partial charge in [-0.15, -0.1) is 0 Å². The van der Waals surface area contributed by atoms with Crippen molar-refractivity contribution in [1.29, 1.82) is 0 Å². The smallest absolute Gasteiger partial charge is 0.248 e. The largest absolute Gasteiger partial charge is 0.388 e.